The molecule has 2 saturated heterocycles. The number of hydrogen-bond acceptors (Lipinski definition) is 5. The van der Waals surface area contributed by atoms with Crippen LogP contribution in [0, 0.1) is 11.7 Å². The molecule has 0 unspecified atom stereocenters. The number of likely N-dealkylation sites (tertiary alicyclic amines) is 1. The second-order valence-corrected chi connectivity index (χ2v) is 7.37. The molecule has 2 aromatic rings. The maximum Gasteiger partial charge on any atom is 0.227 e. The van der Waals surface area contributed by atoms with Crippen molar-refractivity contribution in [3.05, 3.63) is 54.1 Å². The van der Waals surface area contributed by atoms with Gasteiger partial charge in [0.1, 0.15) is 11.4 Å². The van der Waals surface area contributed by atoms with Crippen LogP contribution in [0.2, 0.25) is 0 Å². The van der Waals surface area contributed by atoms with E-state index < -0.39 is 0 Å². The van der Waals surface area contributed by atoms with Crippen molar-refractivity contribution in [2.24, 2.45) is 5.92 Å². The summed E-state index contributed by atoms with van der Waals surface area (Å²) in [5.74, 6) is 0.668. The first-order valence-corrected chi connectivity index (χ1v) is 9.30. The Bertz CT molecular complexity index is 786. The van der Waals surface area contributed by atoms with E-state index in [9.17, 15) is 9.18 Å². The quantitative estimate of drug-likeness (QED) is 0.875. The largest absolute Gasteiger partial charge is 0.371 e. The molecule has 0 radical (unpaired) electrons. The van der Waals surface area contributed by atoms with Gasteiger partial charge in [-0.05, 0) is 36.5 Å². The van der Waals surface area contributed by atoms with Gasteiger partial charge in [-0.2, -0.15) is 0 Å². The Hall–Kier alpha value is -2.54. The Morgan fingerprint density at radius 3 is 2.74 bits per heavy atom. The topological polar surface area (TPSA) is 67.4 Å². The number of nitrogens with zero attached hydrogens (tertiary/aromatic N) is 3. The number of aromatic nitrogens is 2. The first-order valence-electron chi connectivity index (χ1n) is 9.30. The summed E-state index contributed by atoms with van der Waals surface area (Å²) in [6.07, 6.45) is 5.49. The highest BCUT2D eigenvalue weighted by Crippen LogP contribution is 2.36. The summed E-state index contributed by atoms with van der Waals surface area (Å²) < 4.78 is 19.8. The molecule has 1 atom stereocenters. The summed E-state index contributed by atoms with van der Waals surface area (Å²) in [7, 11) is 0. The third-order valence-electron chi connectivity index (χ3n) is 5.36. The van der Waals surface area contributed by atoms with Crippen LogP contribution in [0.4, 0.5) is 10.3 Å². The Balaban J connectivity index is 1.21. The third kappa shape index (κ3) is 4.08. The normalized spacial score (nSPS) is 20.9. The summed E-state index contributed by atoms with van der Waals surface area (Å²) in [6, 6.07) is 8.22. The second kappa shape index (κ2) is 7.60. The zero-order valence-electron chi connectivity index (χ0n) is 15.1. The average Bonchev–Trinajstić information content (AvgIpc) is 2.67. The van der Waals surface area contributed by atoms with Gasteiger partial charge >= 0.3 is 0 Å². The number of carbonyl (C=O) groups is 1. The summed E-state index contributed by atoms with van der Waals surface area (Å²) in [5, 5.41) is 3.24. The molecule has 0 saturated carbocycles. The third-order valence-corrected chi connectivity index (χ3v) is 5.36. The molecule has 0 bridgehead atoms. The molecule has 27 heavy (non-hydrogen) atoms. The van der Waals surface area contributed by atoms with Crippen molar-refractivity contribution in [3.63, 3.8) is 0 Å². The van der Waals surface area contributed by atoms with Crippen LogP contribution in [0.5, 0.6) is 0 Å². The summed E-state index contributed by atoms with van der Waals surface area (Å²) in [4.78, 5) is 22.5. The van der Waals surface area contributed by atoms with E-state index in [1.807, 2.05) is 0 Å². The van der Waals surface area contributed by atoms with Crippen LogP contribution in [0.25, 0.3) is 0 Å². The van der Waals surface area contributed by atoms with Gasteiger partial charge in [-0.25, -0.2) is 14.4 Å². The van der Waals surface area contributed by atoms with Crippen LogP contribution in [0.15, 0.2) is 42.7 Å². The number of halogens is 1. The molecule has 3 heterocycles. The average molecular weight is 370 g/mol. The molecule has 4 rings (SSSR count). The number of ether oxygens (including phenoxy) is 1. The van der Waals surface area contributed by atoms with Crippen LogP contribution >= 0.6 is 0 Å². The minimum Gasteiger partial charge on any atom is -0.371 e. The van der Waals surface area contributed by atoms with Crippen molar-refractivity contribution in [2.75, 3.05) is 31.6 Å². The van der Waals surface area contributed by atoms with Crippen LogP contribution < -0.4 is 5.32 Å². The zero-order valence-corrected chi connectivity index (χ0v) is 15.1. The lowest BCUT2D eigenvalue weighted by Gasteiger charge is -2.52. The van der Waals surface area contributed by atoms with Gasteiger partial charge in [-0.3, -0.25) is 4.79 Å². The zero-order chi connectivity index (χ0) is 18.7. The van der Waals surface area contributed by atoms with E-state index in [4.69, 9.17) is 4.74 Å². The lowest BCUT2D eigenvalue weighted by molar-refractivity contribution is -0.187. The van der Waals surface area contributed by atoms with Crippen LogP contribution in [-0.4, -0.2) is 52.6 Å². The number of hydrogen-bond donors (Lipinski definition) is 1. The molecule has 1 amide bonds. The van der Waals surface area contributed by atoms with E-state index in [1.165, 1.54) is 6.07 Å². The van der Waals surface area contributed by atoms with Crippen molar-refractivity contribution < 1.29 is 13.9 Å². The molecule has 142 valence electrons. The predicted molar refractivity (Wildman–Crippen MR) is 98.6 cm³/mol. The van der Waals surface area contributed by atoms with E-state index >= 15 is 0 Å². The maximum absolute atomic E-state index is 13.7. The highest BCUT2D eigenvalue weighted by Gasteiger charge is 2.48. The fourth-order valence-electron chi connectivity index (χ4n) is 3.70. The monoisotopic (exact) mass is 370 g/mol. The van der Waals surface area contributed by atoms with E-state index in [0.717, 1.165) is 19.4 Å². The van der Waals surface area contributed by atoms with Gasteiger partial charge in [0.2, 0.25) is 11.9 Å². The molecule has 1 spiro atoms. The number of rotatable bonds is 5. The summed E-state index contributed by atoms with van der Waals surface area (Å²) >= 11 is 0. The van der Waals surface area contributed by atoms with Gasteiger partial charge in [-0.15, -0.1) is 0 Å². The highest BCUT2D eigenvalue weighted by atomic mass is 19.1. The maximum atomic E-state index is 13.7. The van der Waals surface area contributed by atoms with E-state index in [2.05, 4.69) is 15.3 Å². The smallest absolute Gasteiger partial charge is 0.227 e. The van der Waals surface area contributed by atoms with Crippen LogP contribution in [-0.2, 0) is 16.0 Å². The molecule has 1 aromatic carbocycles. The van der Waals surface area contributed by atoms with Crippen LogP contribution in [0.3, 0.4) is 0 Å². The summed E-state index contributed by atoms with van der Waals surface area (Å²) in [6.45, 7) is 2.63. The molecular weight excluding hydrogens is 347 g/mol. The van der Waals surface area contributed by atoms with Crippen molar-refractivity contribution in [3.8, 4) is 0 Å². The minimum atomic E-state index is -0.326. The van der Waals surface area contributed by atoms with Crippen LogP contribution in [0.1, 0.15) is 18.4 Å². The molecular formula is C20H23FN4O2. The Morgan fingerprint density at radius 1 is 1.26 bits per heavy atom. The Labute approximate surface area is 157 Å². The Kier molecular flexibility index (Phi) is 5.03. The number of carbonyl (C=O) groups excluding carboxylic acids is 1. The lowest BCUT2D eigenvalue weighted by atomic mass is 9.82. The fraction of sp³-hybridized carbons (Fsp3) is 0.450. The first kappa shape index (κ1) is 17.9. The lowest BCUT2D eigenvalue weighted by Crippen LogP contribution is -2.66. The fourth-order valence-corrected chi connectivity index (χ4v) is 3.70. The standard InChI is InChI=1S/C20H23FN4O2/c21-17-5-2-1-4-16(17)10-18(26)25-13-20(14-25)7-6-15(12-27-20)11-24-19-22-8-3-9-23-19/h1-5,8-9,15H,6-7,10-14H2,(H,22,23,24)/t15-/m0/s1. The van der Waals surface area contributed by atoms with Gasteiger partial charge in [0.05, 0.1) is 26.1 Å². The van der Waals surface area contributed by atoms with Crippen molar-refractivity contribution >= 4 is 11.9 Å². The van der Waals surface area contributed by atoms with E-state index in [1.54, 1.807) is 41.6 Å². The molecule has 1 aromatic heterocycles. The molecule has 0 aliphatic carbocycles. The van der Waals surface area contributed by atoms with E-state index in [0.29, 0.717) is 37.1 Å². The highest BCUT2D eigenvalue weighted by molar-refractivity contribution is 5.80. The molecule has 7 heteroatoms. The van der Waals surface area contributed by atoms with Gasteiger partial charge in [0.15, 0.2) is 0 Å². The number of anilines is 1. The number of nitrogens with one attached hydrogen (secondary N) is 1. The molecule has 6 nitrogen and oxygen atoms in total. The Morgan fingerprint density at radius 2 is 2.04 bits per heavy atom. The first-order chi connectivity index (χ1) is 13.1. The van der Waals surface area contributed by atoms with Gasteiger partial charge in [0, 0.05) is 18.9 Å². The van der Waals surface area contributed by atoms with Crippen molar-refractivity contribution in [1.29, 1.82) is 0 Å². The molecule has 2 aliphatic heterocycles. The minimum absolute atomic E-state index is 0.0423. The predicted octanol–water partition coefficient (Wildman–Crippen LogP) is 2.28. The number of amides is 1. The molecule has 2 aliphatic rings. The van der Waals surface area contributed by atoms with Crippen molar-refractivity contribution in [1.82, 2.24) is 14.9 Å². The van der Waals surface area contributed by atoms with E-state index in [-0.39, 0.29) is 23.7 Å². The summed E-state index contributed by atoms with van der Waals surface area (Å²) in [5.41, 5.74) is 0.229. The second-order valence-electron chi connectivity index (χ2n) is 7.37. The SMILES string of the molecule is O=C(Cc1ccccc1F)N1CC2(CC[C@@H](CNc3ncccn3)CO2)C1. The van der Waals surface area contributed by atoms with Gasteiger partial charge in [0.25, 0.3) is 0 Å². The van der Waals surface area contributed by atoms with Crippen molar-refractivity contribution in [2.45, 2.75) is 24.9 Å². The molecule has 2 fully saturated rings. The molecule has 1 N–H and O–H groups in total. The van der Waals surface area contributed by atoms with Gasteiger partial charge < -0.3 is 15.0 Å². The number of benzene rings is 1. The van der Waals surface area contributed by atoms with Gasteiger partial charge in [-0.1, -0.05) is 18.2 Å².